The summed E-state index contributed by atoms with van der Waals surface area (Å²) in [6.07, 6.45) is 0. The highest BCUT2D eigenvalue weighted by Gasteiger charge is 1.80. The summed E-state index contributed by atoms with van der Waals surface area (Å²) in [6.45, 7) is 3.74. The van der Waals surface area contributed by atoms with Crippen molar-refractivity contribution in [2.24, 2.45) is 21.9 Å². The maximum absolute atomic E-state index is 5.17. The quantitative estimate of drug-likeness (QED) is 0.310. The zero-order valence-corrected chi connectivity index (χ0v) is 5.41. The van der Waals surface area contributed by atoms with Crippen molar-refractivity contribution in [1.82, 2.24) is 5.12 Å². The average molecular weight is 129 g/mol. The zero-order chi connectivity index (χ0) is 7.28. The van der Waals surface area contributed by atoms with Crippen molar-refractivity contribution in [3.05, 3.63) is 12.3 Å². The summed E-state index contributed by atoms with van der Waals surface area (Å²) in [6, 6.07) is 0. The molecular formula is C4H11N5. The number of hydrogen-bond acceptors (Lipinski definition) is 4. The van der Waals surface area contributed by atoms with Crippen molar-refractivity contribution in [3.8, 4) is 0 Å². The summed E-state index contributed by atoms with van der Waals surface area (Å²) in [5.41, 5.74) is 5.64. The highest BCUT2D eigenvalue weighted by molar-refractivity contribution is 4.87. The predicted molar refractivity (Wildman–Crippen MR) is 35.0 cm³/mol. The molecular weight excluding hydrogens is 118 g/mol. The zero-order valence-electron chi connectivity index (χ0n) is 5.41. The van der Waals surface area contributed by atoms with Crippen molar-refractivity contribution in [3.63, 3.8) is 0 Å². The second-order valence-electron chi connectivity index (χ2n) is 1.62. The van der Waals surface area contributed by atoms with E-state index in [1.807, 2.05) is 0 Å². The Labute approximate surface area is 54.0 Å². The van der Waals surface area contributed by atoms with E-state index in [2.05, 4.69) is 16.9 Å². The van der Waals surface area contributed by atoms with Gasteiger partial charge in [-0.15, -0.1) is 0 Å². The average Bonchev–Trinajstić information content (AvgIpc) is 1.63. The van der Waals surface area contributed by atoms with Crippen molar-refractivity contribution in [2.45, 2.75) is 0 Å². The smallest absolute Gasteiger partial charge is 0.101 e. The van der Waals surface area contributed by atoms with E-state index in [-0.39, 0.29) is 0 Å². The van der Waals surface area contributed by atoms with E-state index < -0.39 is 0 Å². The van der Waals surface area contributed by atoms with Crippen LogP contribution in [0.3, 0.4) is 0 Å². The van der Waals surface area contributed by atoms with Crippen LogP contribution < -0.4 is 11.6 Å². The van der Waals surface area contributed by atoms with Crippen LogP contribution in [0.1, 0.15) is 0 Å². The van der Waals surface area contributed by atoms with Crippen molar-refractivity contribution in [2.75, 3.05) is 13.6 Å². The van der Waals surface area contributed by atoms with Crippen LogP contribution in [0, 0.1) is 0 Å². The summed E-state index contributed by atoms with van der Waals surface area (Å²) in [4.78, 5) is 0. The maximum atomic E-state index is 5.17. The van der Waals surface area contributed by atoms with Gasteiger partial charge in [-0.05, 0) is 0 Å². The van der Waals surface area contributed by atoms with Gasteiger partial charge < -0.3 is 5.73 Å². The number of hydrogen-bond donors (Lipinski definition) is 2. The fraction of sp³-hybridized carbons (Fsp3) is 0.500. The second kappa shape index (κ2) is 3.85. The van der Waals surface area contributed by atoms with E-state index in [0.29, 0.717) is 12.2 Å². The predicted octanol–water partition coefficient (Wildman–Crippen LogP) is -0.368. The van der Waals surface area contributed by atoms with E-state index in [4.69, 9.17) is 11.6 Å². The van der Waals surface area contributed by atoms with E-state index in [9.17, 15) is 0 Å². The van der Waals surface area contributed by atoms with Crippen LogP contribution in [0.4, 0.5) is 0 Å². The van der Waals surface area contributed by atoms with Crippen LogP contribution in [0.2, 0.25) is 0 Å². The highest BCUT2D eigenvalue weighted by Crippen LogP contribution is 1.80. The minimum Gasteiger partial charge on any atom is -0.401 e. The van der Waals surface area contributed by atoms with Gasteiger partial charge in [-0.25, -0.2) is 11.0 Å². The van der Waals surface area contributed by atoms with Crippen molar-refractivity contribution in [1.29, 1.82) is 0 Å². The molecule has 4 N–H and O–H groups in total. The molecule has 0 amide bonds. The van der Waals surface area contributed by atoms with Gasteiger partial charge in [-0.1, -0.05) is 11.8 Å². The van der Waals surface area contributed by atoms with Gasteiger partial charge in [0, 0.05) is 12.7 Å². The SMILES string of the molecule is C=C(N)CN=NN(C)N. The van der Waals surface area contributed by atoms with Gasteiger partial charge in [0.1, 0.15) is 6.54 Å². The monoisotopic (exact) mass is 129 g/mol. The van der Waals surface area contributed by atoms with Crippen LogP contribution in [0.5, 0.6) is 0 Å². The standard InChI is InChI=1S/C4H11N5/c1-4(5)3-7-8-9(2)6/h1,3,5-6H2,2H3. The van der Waals surface area contributed by atoms with E-state index >= 15 is 0 Å². The summed E-state index contributed by atoms with van der Waals surface area (Å²) >= 11 is 0. The minimum absolute atomic E-state index is 0.321. The molecule has 52 valence electrons. The number of nitrogens with two attached hydrogens (primary N) is 2. The Morgan fingerprint density at radius 2 is 2.33 bits per heavy atom. The Balaban J connectivity index is 3.36. The first kappa shape index (κ1) is 7.90. The Bertz CT molecular complexity index is 116. The Morgan fingerprint density at radius 3 is 2.67 bits per heavy atom. The maximum Gasteiger partial charge on any atom is 0.101 e. The Kier molecular flexibility index (Phi) is 3.38. The summed E-state index contributed by atoms with van der Waals surface area (Å²) in [7, 11) is 1.57. The van der Waals surface area contributed by atoms with Crippen LogP contribution >= 0.6 is 0 Å². The minimum atomic E-state index is 0.321. The van der Waals surface area contributed by atoms with Gasteiger partial charge in [-0.3, -0.25) is 0 Å². The molecule has 0 unspecified atom stereocenters. The van der Waals surface area contributed by atoms with Crippen molar-refractivity contribution >= 4 is 0 Å². The molecule has 9 heavy (non-hydrogen) atoms. The van der Waals surface area contributed by atoms with Crippen LogP contribution in [-0.4, -0.2) is 18.7 Å². The molecule has 5 heteroatoms. The molecule has 0 aromatic heterocycles. The molecule has 0 heterocycles. The van der Waals surface area contributed by atoms with Crippen LogP contribution in [-0.2, 0) is 0 Å². The topological polar surface area (TPSA) is 80.0 Å². The van der Waals surface area contributed by atoms with Gasteiger partial charge in [-0.2, -0.15) is 5.11 Å². The molecule has 0 aliphatic rings. The number of rotatable bonds is 3. The molecule has 5 nitrogen and oxygen atoms in total. The van der Waals surface area contributed by atoms with Gasteiger partial charge in [0.2, 0.25) is 0 Å². The van der Waals surface area contributed by atoms with E-state index in [0.717, 1.165) is 5.12 Å². The van der Waals surface area contributed by atoms with Crippen LogP contribution in [0.25, 0.3) is 0 Å². The summed E-state index contributed by atoms with van der Waals surface area (Å²) < 4.78 is 0. The highest BCUT2D eigenvalue weighted by atomic mass is 15.7. The number of nitrogens with zero attached hydrogens (tertiary/aromatic N) is 3. The van der Waals surface area contributed by atoms with Gasteiger partial charge in [0.25, 0.3) is 0 Å². The molecule has 0 fully saturated rings. The van der Waals surface area contributed by atoms with Crippen LogP contribution in [0.15, 0.2) is 22.6 Å². The van der Waals surface area contributed by atoms with Gasteiger partial charge in [0.15, 0.2) is 0 Å². The number of hydrazine groups is 1. The fourth-order valence-electron chi connectivity index (χ4n) is 0.222. The summed E-state index contributed by atoms with van der Waals surface area (Å²) in [5.74, 6) is 5.08. The molecule has 0 radical (unpaired) electrons. The van der Waals surface area contributed by atoms with E-state index in [1.165, 1.54) is 0 Å². The summed E-state index contributed by atoms with van der Waals surface area (Å²) in [5, 5.41) is 8.13. The lowest BCUT2D eigenvalue weighted by atomic mass is 10.5. The molecule has 0 rings (SSSR count). The molecule has 0 aromatic rings. The fourth-order valence-corrected chi connectivity index (χ4v) is 0.222. The molecule has 0 aliphatic heterocycles. The first-order chi connectivity index (χ1) is 4.13. The lowest BCUT2D eigenvalue weighted by Crippen LogP contribution is -2.18. The first-order valence-corrected chi connectivity index (χ1v) is 2.42. The molecule has 0 aliphatic carbocycles. The third kappa shape index (κ3) is 6.90. The van der Waals surface area contributed by atoms with Gasteiger partial charge >= 0.3 is 0 Å². The largest absolute Gasteiger partial charge is 0.401 e. The molecule has 0 saturated carbocycles. The molecule has 0 bridgehead atoms. The normalized spacial score (nSPS) is 10.0. The molecule has 0 saturated heterocycles. The Morgan fingerprint density at radius 1 is 1.78 bits per heavy atom. The lowest BCUT2D eigenvalue weighted by molar-refractivity contribution is 0.341. The van der Waals surface area contributed by atoms with Gasteiger partial charge in [0.05, 0.1) is 0 Å². The third-order valence-corrected chi connectivity index (χ3v) is 0.478. The second-order valence-corrected chi connectivity index (χ2v) is 1.62. The Hall–Kier alpha value is -1.10. The molecule has 0 aromatic carbocycles. The van der Waals surface area contributed by atoms with E-state index in [1.54, 1.807) is 7.05 Å². The van der Waals surface area contributed by atoms with Crippen molar-refractivity contribution < 1.29 is 0 Å². The lowest BCUT2D eigenvalue weighted by Gasteiger charge is -1.98. The molecule has 0 spiro atoms. The third-order valence-electron chi connectivity index (χ3n) is 0.478. The molecule has 0 atom stereocenters. The first-order valence-electron chi connectivity index (χ1n) is 2.42.